The van der Waals surface area contributed by atoms with Gasteiger partial charge in [-0.2, -0.15) is 9.29 Å². The fourth-order valence-electron chi connectivity index (χ4n) is 1.88. The van der Waals surface area contributed by atoms with E-state index in [2.05, 4.69) is 20.3 Å². The lowest BCUT2D eigenvalue weighted by Crippen LogP contribution is -2.51. The Labute approximate surface area is 115 Å². The zero-order chi connectivity index (χ0) is 14.0. The van der Waals surface area contributed by atoms with E-state index in [9.17, 15) is 13.5 Å². The fourth-order valence-corrected chi connectivity index (χ4v) is 2.87. The summed E-state index contributed by atoms with van der Waals surface area (Å²) in [5.74, 6) is 0.261. The molecule has 1 fully saturated rings. The smallest absolute Gasteiger partial charge is 0.227 e. The second-order valence-corrected chi connectivity index (χ2v) is 6.63. The number of aromatic nitrogens is 3. The van der Waals surface area contributed by atoms with Crippen molar-refractivity contribution in [1.82, 2.24) is 19.3 Å². The summed E-state index contributed by atoms with van der Waals surface area (Å²) < 4.78 is 24.0. The van der Waals surface area contributed by atoms with Gasteiger partial charge in [-0.25, -0.2) is 18.4 Å². The molecule has 106 valence electrons. The summed E-state index contributed by atoms with van der Waals surface area (Å²) in [7, 11) is -3.28. The van der Waals surface area contributed by atoms with E-state index in [1.165, 1.54) is 10.6 Å². The molecule has 1 aliphatic rings. The molecule has 1 aliphatic heterocycles. The van der Waals surface area contributed by atoms with Crippen LogP contribution in [0, 0.1) is 0 Å². The summed E-state index contributed by atoms with van der Waals surface area (Å²) in [4.78, 5) is 11.4. The van der Waals surface area contributed by atoms with E-state index < -0.39 is 16.1 Å². The third-order valence-corrected chi connectivity index (χ3v) is 4.32. The molecule has 0 aliphatic carbocycles. The van der Waals surface area contributed by atoms with Crippen LogP contribution < -0.4 is 5.32 Å². The van der Waals surface area contributed by atoms with E-state index in [0.717, 1.165) is 6.26 Å². The van der Waals surface area contributed by atoms with Crippen molar-refractivity contribution in [2.24, 2.45) is 0 Å². The van der Waals surface area contributed by atoms with Crippen LogP contribution >= 0.6 is 11.6 Å². The molecule has 2 N–H and O–H groups in total. The van der Waals surface area contributed by atoms with Crippen LogP contribution in [0.5, 0.6) is 0 Å². The number of rotatable bonds is 3. The Morgan fingerprint density at radius 3 is 2.84 bits per heavy atom. The highest BCUT2D eigenvalue weighted by Gasteiger charge is 2.32. The molecule has 2 rings (SSSR count). The van der Waals surface area contributed by atoms with Crippen LogP contribution in [-0.4, -0.2) is 64.3 Å². The van der Waals surface area contributed by atoms with Crippen LogP contribution in [0.25, 0.3) is 0 Å². The standard InChI is InChI=1S/C9H14ClN5O3S/c1-19(17,18)15-3-2-6(7(16)4-15)13-9-12-5-11-8(10)14-9/h5-7,16H,2-4H2,1H3,(H,11,12,13,14)/t6-,7-/m1/s1. The van der Waals surface area contributed by atoms with Crippen LogP contribution in [0.2, 0.25) is 5.28 Å². The monoisotopic (exact) mass is 307 g/mol. The van der Waals surface area contributed by atoms with Crippen LogP contribution in [0.4, 0.5) is 5.95 Å². The van der Waals surface area contributed by atoms with Gasteiger partial charge in [-0.1, -0.05) is 0 Å². The number of sulfonamides is 1. The molecular weight excluding hydrogens is 294 g/mol. The van der Waals surface area contributed by atoms with Crippen molar-refractivity contribution in [2.75, 3.05) is 24.7 Å². The van der Waals surface area contributed by atoms with E-state index in [0.29, 0.717) is 13.0 Å². The highest BCUT2D eigenvalue weighted by atomic mass is 35.5. The first-order valence-corrected chi connectivity index (χ1v) is 7.83. The van der Waals surface area contributed by atoms with Crippen molar-refractivity contribution >= 4 is 27.6 Å². The molecule has 8 nitrogen and oxygen atoms in total. The molecule has 0 radical (unpaired) electrons. The lowest BCUT2D eigenvalue weighted by atomic mass is 10.0. The quantitative estimate of drug-likeness (QED) is 0.762. The van der Waals surface area contributed by atoms with E-state index in [1.54, 1.807) is 0 Å². The lowest BCUT2D eigenvalue weighted by Gasteiger charge is -2.34. The number of hydrogen-bond donors (Lipinski definition) is 2. The lowest BCUT2D eigenvalue weighted by molar-refractivity contribution is 0.0950. The molecule has 0 saturated carbocycles. The minimum absolute atomic E-state index is 0.0509. The van der Waals surface area contributed by atoms with Crippen LogP contribution in [0.15, 0.2) is 6.33 Å². The normalized spacial score (nSPS) is 25.2. The second kappa shape index (κ2) is 5.53. The van der Waals surface area contributed by atoms with Gasteiger partial charge in [0.05, 0.1) is 18.4 Å². The largest absolute Gasteiger partial charge is 0.390 e. The van der Waals surface area contributed by atoms with Crippen molar-refractivity contribution in [3.05, 3.63) is 11.6 Å². The summed E-state index contributed by atoms with van der Waals surface area (Å²) in [5.41, 5.74) is 0. The van der Waals surface area contributed by atoms with Gasteiger partial charge < -0.3 is 10.4 Å². The van der Waals surface area contributed by atoms with Crippen molar-refractivity contribution in [1.29, 1.82) is 0 Å². The number of β-amino-alcohol motifs (C(OH)–C–C–N with tert-alkyl or cyclic N) is 1. The average Bonchev–Trinajstić information content (AvgIpc) is 2.30. The average molecular weight is 308 g/mol. The van der Waals surface area contributed by atoms with E-state index >= 15 is 0 Å². The van der Waals surface area contributed by atoms with E-state index in [4.69, 9.17) is 11.6 Å². The first-order valence-electron chi connectivity index (χ1n) is 5.60. The Bertz CT molecular complexity index is 555. The summed E-state index contributed by atoms with van der Waals surface area (Å²) in [5, 5.41) is 12.9. The van der Waals surface area contributed by atoms with E-state index in [-0.39, 0.29) is 23.8 Å². The Morgan fingerprint density at radius 1 is 1.53 bits per heavy atom. The minimum atomic E-state index is -3.28. The molecule has 0 aromatic carbocycles. The third-order valence-electron chi connectivity index (χ3n) is 2.87. The van der Waals surface area contributed by atoms with Gasteiger partial charge in [0.1, 0.15) is 6.33 Å². The number of hydrogen-bond acceptors (Lipinski definition) is 7. The van der Waals surface area contributed by atoms with E-state index in [1.807, 2.05) is 0 Å². The van der Waals surface area contributed by atoms with Gasteiger partial charge in [-0.3, -0.25) is 0 Å². The second-order valence-electron chi connectivity index (χ2n) is 4.31. The number of aliphatic hydroxyl groups is 1. The number of anilines is 1. The maximum Gasteiger partial charge on any atom is 0.227 e. The van der Waals surface area contributed by atoms with Gasteiger partial charge in [-0.15, -0.1) is 0 Å². The molecule has 2 atom stereocenters. The molecule has 0 spiro atoms. The van der Waals surface area contributed by atoms with Crippen molar-refractivity contribution in [2.45, 2.75) is 18.6 Å². The van der Waals surface area contributed by atoms with Gasteiger partial charge in [0, 0.05) is 13.1 Å². The van der Waals surface area contributed by atoms with Crippen molar-refractivity contribution in [3.8, 4) is 0 Å². The predicted molar refractivity (Wildman–Crippen MR) is 69.3 cm³/mol. The van der Waals surface area contributed by atoms with Crippen LogP contribution in [0.1, 0.15) is 6.42 Å². The van der Waals surface area contributed by atoms with Gasteiger partial charge >= 0.3 is 0 Å². The Morgan fingerprint density at radius 2 is 2.26 bits per heavy atom. The predicted octanol–water partition coefficient (Wildman–Crippen LogP) is -0.668. The van der Waals surface area contributed by atoms with Gasteiger partial charge in [0.25, 0.3) is 0 Å². The Hall–Kier alpha value is -1.03. The molecule has 0 bridgehead atoms. The van der Waals surface area contributed by atoms with Crippen LogP contribution in [0.3, 0.4) is 0 Å². The number of piperidine rings is 1. The molecule has 19 heavy (non-hydrogen) atoms. The molecule has 1 saturated heterocycles. The first-order chi connectivity index (χ1) is 8.86. The highest BCUT2D eigenvalue weighted by molar-refractivity contribution is 7.88. The summed E-state index contributed by atoms with van der Waals surface area (Å²) >= 11 is 5.63. The molecule has 2 heterocycles. The Kier molecular flexibility index (Phi) is 4.19. The number of aliphatic hydroxyl groups excluding tert-OH is 1. The summed E-state index contributed by atoms with van der Waals surface area (Å²) in [6, 6.07) is -0.323. The van der Waals surface area contributed by atoms with Gasteiger partial charge in [0.2, 0.25) is 21.3 Å². The molecule has 0 unspecified atom stereocenters. The Balaban J connectivity index is 2.01. The SMILES string of the molecule is CS(=O)(=O)N1CC[C@@H](Nc2ncnc(Cl)n2)[C@H](O)C1. The summed E-state index contributed by atoms with van der Waals surface area (Å²) in [6.45, 7) is 0.391. The molecule has 10 heteroatoms. The maximum atomic E-state index is 11.4. The molecule has 1 aromatic rings. The topological polar surface area (TPSA) is 108 Å². The van der Waals surface area contributed by atoms with Crippen molar-refractivity contribution < 1.29 is 13.5 Å². The summed E-state index contributed by atoms with van der Waals surface area (Å²) in [6.07, 6.45) is 2.01. The third kappa shape index (κ3) is 3.72. The van der Waals surface area contributed by atoms with Gasteiger partial charge in [-0.05, 0) is 18.0 Å². The molecular formula is C9H14ClN5O3S. The van der Waals surface area contributed by atoms with Gasteiger partial charge in [0.15, 0.2) is 0 Å². The number of nitrogens with one attached hydrogen (secondary N) is 1. The van der Waals surface area contributed by atoms with Crippen molar-refractivity contribution in [3.63, 3.8) is 0 Å². The zero-order valence-corrected chi connectivity index (χ0v) is 11.8. The zero-order valence-electron chi connectivity index (χ0n) is 10.2. The minimum Gasteiger partial charge on any atom is -0.390 e. The maximum absolute atomic E-state index is 11.4. The highest BCUT2D eigenvalue weighted by Crippen LogP contribution is 2.17. The molecule has 0 amide bonds. The molecule has 1 aromatic heterocycles. The number of nitrogens with zero attached hydrogens (tertiary/aromatic N) is 4. The fraction of sp³-hybridized carbons (Fsp3) is 0.667. The first kappa shape index (κ1) is 14.4. The van der Waals surface area contributed by atoms with Crippen LogP contribution in [-0.2, 0) is 10.0 Å². The number of halogens is 1.